The van der Waals surface area contributed by atoms with Crippen LogP contribution in [0.4, 0.5) is 4.79 Å². The maximum atomic E-state index is 12.5. The smallest absolute Gasteiger partial charge is 0.277 e. The van der Waals surface area contributed by atoms with E-state index in [4.69, 9.17) is 0 Å². The highest BCUT2D eigenvalue weighted by Gasteiger charge is 2.44. The molecule has 2 fully saturated rings. The minimum absolute atomic E-state index is 0.0706. The Hall–Kier alpha value is -1.39. The van der Waals surface area contributed by atoms with Crippen LogP contribution in [0.2, 0.25) is 0 Å². The van der Waals surface area contributed by atoms with Crippen LogP contribution in [0.5, 0.6) is 0 Å². The number of hydrogen-bond donors (Lipinski definition) is 1. The van der Waals surface area contributed by atoms with Crippen molar-refractivity contribution in [3.63, 3.8) is 0 Å². The number of carbonyl (C=O) groups is 3. The van der Waals surface area contributed by atoms with Gasteiger partial charge in [-0.25, -0.2) is 4.79 Å². The Kier molecular flexibility index (Phi) is 4.16. The van der Waals surface area contributed by atoms with Gasteiger partial charge in [0.05, 0.1) is 0 Å². The number of hydrogen-bond acceptors (Lipinski definition) is 3. The van der Waals surface area contributed by atoms with Crippen molar-refractivity contribution in [2.45, 2.75) is 65.3 Å². The van der Waals surface area contributed by atoms with Crippen LogP contribution in [0, 0.1) is 11.3 Å². The molecule has 2 aliphatic rings. The van der Waals surface area contributed by atoms with Gasteiger partial charge in [0.25, 0.3) is 0 Å². The van der Waals surface area contributed by atoms with Gasteiger partial charge in [0, 0.05) is 6.04 Å². The van der Waals surface area contributed by atoms with E-state index in [9.17, 15) is 14.4 Å². The van der Waals surface area contributed by atoms with Gasteiger partial charge in [-0.1, -0.05) is 33.6 Å². The van der Waals surface area contributed by atoms with E-state index in [1.165, 1.54) is 4.90 Å². The standard InChI is InChI=1S/C15H24N2O3/c1-4-6-11-12(18)16-14(20)17(13(11)19)10-7-5-8-15(2,3)9-10/h10-11H,4-9H2,1-3H3,(H,16,18,20). The lowest BCUT2D eigenvalue weighted by atomic mass is 9.74. The zero-order valence-corrected chi connectivity index (χ0v) is 12.6. The summed E-state index contributed by atoms with van der Waals surface area (Å²) in [7, 11) is 0. The average molecular weight is 280 g/mol. The van der Waals surface area contributed by atoms with Gasteiger partial charge in [-0.3, -0.25) is 19.8 Å². The zero-order chi connectivity index (χ0) is 14.9. The van der Waals surface area contributed by atoms with E-state index in [2.05, 4.69) is 19.2 Å². The summed E-state index contributed by atoms with van der Waals surface area (Å²) >= 11 is 0. The molecule has 0 aromatic rings. The van der Waals surface area contributed by atoms with Crippen molar-refractivity contribution < 1.29 is 14.4 Å². The van der Waals surface area contributed by atoms with Crippen molar-refractivity contribution in [1.29, 1.82) is 0 Å². The molecule has 5 nitrogen and oxygen atoms in total. The Labute approximate surface area is 120 Å². The van der Waals surface area contributed by atoms with Crippen LogP contribution in [-0.2, 0) is 9.59 Å². The molecule has 1 N–H and O–H groups in total. The fraction of sp³-hybridized carbons (Fsp3) is 0.800. The molecule has 0 aromatic heterocycles. The van der Waals surface area contributed by atoms with E-state index in [1.54, 1.807) is 0 Å². The topological polar surface area (TPSA) is 66.5 Å². The van der Waals surface area contributed by atoms with Gasteiger partial charge >= 0.3 is 6.03 Å². The highest BCUT2D eigenvalue weighted by molar-refractivity contribution is 6.16. The molecule has 1 heterocycles. The first kappa shape index (κ1) is 15.0. The first-order valence-electron chi connectivity index (χ1n) is 7.53. The van der Waals surface area contributed by atoms with Crippen LogP contribution >= 0.6 is 0 Å². The second kappa shape index (κ2) is 5.54. The van der Waals surface area contributed by atoms with E-state index >= 15 is 0 Å². The summed E-state index contributed by atoms with van der Waals surface area (Å²) in [6.45, 7) is 6.27. The maximum Gasteiger partial charge on any atom is 0.331 e. The summed E-state index contributed by atoms with van der Waals surface area (Å²) in [4.78, 5) is 37.6. The summed E-state index contributed by atoms with van der Waals surface area (Å²) < 4.78 is 0. The minimum atomic E-state index is -0.692. The quantitative estimate of drug-likeness (QED) is 0.807. The van der Waals surface area contributed by atoms with Crippen molar-refractivity contribution >= 4 is 17.8 Å². The number of barbiturate groups is 1. The number of rotatable bonds is 3. The maximum absolute atomic E-state index is 12.5. The highest BCUT2D eigenvalue weighted by atomic mass is 16.2. The van der Waals surface area contributed by atoms with E-state index in [1.807, 2.05) is 6.92 Å². The van der Waals surface area contributed by atoms with Gasteiger partial charge in [-0.05, 0) is 31.1 Å². The zero-order valence-electron chi connectivity index (χ0n) is 12.6. The fourth-order valence-corrected chi connectivity index (χ4v) is 3.40. The van der Waals surface area contributed by atoms with E-state index < -0.39 is 17.9 Å². The van der Waals surface area contributed by atoms with Crippen LogP contribution in [0.25, 0.3) is 0 Å². The van der Waals surface area contributed by atoms with Crippen LogP contribution in [0.1, 0.15) is 59.3 Å². The lowest BCUT2D eigenvalue weighted by Gasteiger charge is -2.42. The van der Waals surface area contributed by atoms with Gasteiger partial charge in [-0.2, -0.15) is 0 Å². The Morgan fingerprint density at radius 3 is 2.60 bits per heavy atom. The molecule has 20 heavy (non-hydrogen) atoms. The predicted molar refractivity (Wildman–Crippen MR) is 74.8 cm³/mol. The number of nitrogens with zero attached hydrogens (tertiary/aromatic N) is 1. The third-order valence-corrected chi connectivity index (χ3v) is 4.42. The minimum Gasteiger partial charge on any atom is -0.277 e. The van der Waals surface area contributed by atoms with Gasteiger partial charge in [0.2, 0.25) is 11.8 Å². The van der Waals surface area contributed by atoms with Crippen molar-refractivity contribution in [3.8, 4) is 0 Å². The van der Waals surface area contributed by atoms with Crippen LogP contribution in [0.15, 0.2) is 0 Å². The molecule has 1 aliphatic heterocycles. The molecule has 0 radical (unpaired) electrons. The fourth-order valence-electron chi connectivity index (χ4n) is 3.40. The molecule has 0 spiro atoms. The van der Waals surface area contributed by atoms with Crippen molar-refractivity contribution in [3.05, 3.63) is 0 Å². The molecule has 5 heteroatoms. The highest BCUT2D eigenvalue weighted by Crippen LogP contribution is 2.38. The van der Waals surface area contributed by atoms with Crippen LogP contribution < -0.4 is 5.32 Å². The van der Waals surface area contributed by atoms with E-state index in [0.717, 1.165) is 32.1 Å². The van der Waals surface area contributed by atoms with E-state index in [-0.39, 0.29) is 17.4 Å². The summed E-state index contributed by atoms with van der Waals surface area (Å²) in [5.41, 5.74) is 0.144. The van der Waals surface area contributed by atoms with Gasteiger partial charge in [0.1, 0.15) is 5.92 Å². The third-order valence-electron chi connectivity index (χ3n) is 4.42. The Balaban J connectivity index is 2.18. The van der Waals surface area contributed by atoms with Gasteiger partial charge < -0.3 is 0 Å². The number of imide groups is 2. The van der Waals surface area contributed by atoms with Crippen molar-refractivity contribution in [1.82, 2.24) is 10.2 Å². The number of amides is 4. The lowest BCUT2D eigenvalue weighted by molar-refractivity contribution is -0.145. The molecular weight excluding hydrogens is 256 g/mol. The summed E-state index contributed by atoms with van der Waals surface area (Å²) in [5, 5.41) is 2.35. The molecule has 2 unspecified atom stereocenters. The molecule has 2 atom stereocenters. The summed E-state index contributed by atoms with van der Waals surface area (Å²) in [5.74, 6) is -1.43. The summed E-state index contributed by atoms with van der Waals surface area (Å²) in [6, 6.07) is -0.603. The molecule has 1 saturated heterocycles. The second-order valence-electron chi connectivity index (χ2n) is 6.76. The third kappa shape index (κ3) is 2.86. The number of urea groups is 1. The van der Waals surface area contributed by atoms with E-state index in [0.29, 0.717) is 6.42 Å². The Morgan fingerprint density at radius 2 is 2.00 bits per heavy atom. The average Bonchev–Trinajstić information content (AvgIpc) is 2.33. The molecule has 0 bridgehead atoms. The molecule has 2 rings (SSSR count). The van der Waals surface area contributed by atoms with Gasteiger partial charge in [-0.15, -0.1) is 0 Å². The lowest BCUT2D eigenvalue weighted by Crippen LogP contribution is -2.61. The van der Waals surface area contributed by atoms with Crippen LogP contribution in [-0.4, -0.2) is 28.8 Å². The molecule has 1 aliphatic carbocycles. The normalized spacial score (nSPS) is 30.4. The van der Waals surface area contributed by atoms with Crippen molar-refractivity contribution in [2.75, 3.05) is 0 Å². The first-order chi connectivity index (χ1) is 9.35. The number of carbonyl (C=O) groups excluding carboxylic acids is 3. The van der Waals surface area contributed by atoms with Crippen LogP contribution in [0.3, 0.4) is 0 Å². The summed E-state index contributed by atoms with van der Waals surface area (Å²) in [6.07, 6.45) is 5.05. The molecule has 4 amide bonds. The molecule has 0 aromatic carbocycles. The molecule has 112 valence electrons. The monoisotopic (exact) mass is 280 g/mol. The SMILES string of the molecule is CCCC1C(=O)NC(=O)N(C2CCCC(C)(C)C2)C1=O. The van der Waals surface area contributed by atoms with Gasteiger partial charge in [0.15, 0.2) is 0 Å². The predicted octanol–water partition coefficient (Wildman–Crippen LogP) is 2.45. The second-order valence-corrected chi connectivity index (χ2v) is 6.76. The van der Waals surface area contributed by atoms with Crippen molar-refractivity contribution in [2.24, 2.45) is 11.3 Å². The Morgan fingerprint density at radius 1 is 1.30 bits per heavy atom. The largest absolute Gasteiger partial charge is 0.331 e. The first-order valence-corrected chi connectivity index (χ1v) is 7.53. The Bertz CT molecular complexity index is 431. The number of nitrogens with one attached hydrogen (secondary N) is 1. The molecule has 1 saturated carbocycles. The molecular formula is C15H24N2O3.